The molecule has 2 aromatic carbocycles. The maximum absolute atomic E-state index is 11.0. The van der Waals surface area contributed by atoms with Crippen LogP contribution >= 0.6 is 0 Å². The number of nitrogens with zero attached hydrogens (tertiary/aromatic N) is 3. The molecule has 2 rings (SSSR count). The van der Waals surface area contributed by atoms with Crippen LogP contribution in [0.5, 0.6) is 0 Å². The average Bonchev–Trinajstić information content (AvgIpc) is 2.58. The molecular formula is C17H19N3O3S. The molecule has 2 aromatic rings. The third-order valence-electron chi connectivity index (χ3n) is 3.37. The fourth-order valence-corrected chi connectivity index (χ4v) is 2.47. The van der Waals surface area contributed by atoms with Gasteiger partial charge in [0.25, 0.3) is 10.1 Å². The fourth-order valence-electron chi connectivity index (χ4n) is 1.99. The van der Waals surface area contributed by atoms with Gasteiger partial charge >= 0.3 is 0 Å². The van der Waals surface area contributed by atoms with Crippen LogP contribution in [-0.2, 0) is 10.1 Å². The Balaban J connectivity index is 2.05. The predicted molar refractivity (Wildman–Crippen MR) is 95.0 cm³/mol. The highest BCUT2D eigenvalue weighted by molar-refractivity contribution is 7.85. The third-order valence-corrected chi connectivity index (χ3v) is 4.24. The summed E-state index contributed by atoms with van der Waals surface area (Å²) in [6, 6.07) is 13.1. The lowest BCUT2D eigenvalue weighted by molar-refractivity contribution is 0.483. The van der Waals surface area contributed by atoms with Crippen LogP contribution in [0.4, 0.5) is 17.1 Å². The minimum atomic E-state index is -4.19. The summed E-state index contributed by atoms with van der Waals surface area (Å²) < 4.78 is 30.9. The largest absolute Gasteiger partial charge is 0.374 e. The normalized spacial score (nSPS) is 11.6. The van der Waals surface area contributed by atoms with E-state index in [0.717, 1.165) is 18.7 Å². The Bertz CT molecular complexity index is 813. The Morgan fingerprint density at radius 3 is 2.00 bits per heavy atom. The van der Waals surface area contributed by atoms with Gasteiger partial charge in [-0.3, -0.25) is 4.55 Å². The van der Waals surface area contributed by atoms with Gasteiger partial charge in [-0.05, 0) is 55.0 Å². The molecule has 0 radical (unpaired) electrons. The molecule has 0 fully saturated rings. The van der Waals surface area contributed by atoms with Crippen LogP contribution in [0.25, 0.3) is 0 Å². The summed E-state index contributed by atoms with van der Waals surface area (Å²) in [6.07, 6.45) is 2.80. The number of hydrogen-bond acceptors (Lipinski definition) is 5. The van der Waals surface area contributed by atoms with Gasteiger partial charge in [-0.25, -0.2) is 0 Å². The zero-order valence-corrected chi connectivity index (χ0v) is 14.1. The Labute approximate surface area is 141 Å². The second-order valence-corrected chi connectivity index (χ2v) is 6.61. The van der Waals surface area contributed by atoms with E-state index in [4.69, 9.17) is 4.55 Å². The zero-order chi connectivity index (χ0) is 17.6. The molecule has 0 saturated heterocycles. The van der Waals surface area contributed by atoms with Gasteiger partial charge in [0.2, 0.25) is 0 Å². The average molecular weight is 345 g/mol. The summed E-state index contributed by atoms with van der Waals surface area (Å²) in [5.41, 5.74) is 2.26. The van der Waals surface area contributed by atoms with E-state index in [2.05, 4.69) is 21.7 Å². The summed E-state index contributed by atoms with van der Waals surface area (Å²) in [5.74, 6) is 0. The lowest BCUT2D eigenvalue weighted by Gasteiger charge is -2.18. The van der Waals surface area contributed by atoms with Gasteiger partial charge in [0.05, 0.1) is 16.3 Å². The van der Waals surface area contributed by atoms with E-state index in [9.17, 15) is 8.42 Å². The minimum absolute atomic E-state index is 0.173. The molecule has 0 aromatic heterocycles. The van der Waals surface area contributed by atoms with Gasteiger partial charge in [0.1, 0.15) is 0 Å². The topological polar surface area (TPSA) is 82.3 Å². The Morgan fingerprint density at radius 1 is 1.04 bits per heavy atom. The van der Waals surface area contributed by atoms with Gasteiger partial charge in [0.15, 0.2) is 0 Å². The highest BCUT2D eigenvalue weighted by Gasteiger charge is 2.08. The first-order valence-electron chi connectivity index (χ1n) is 7.31. The smallest absolute Gasteiger partial charge is 0.294 e. The molecule has 126 valence electrons. The number of hydrogen-bond donors (Lipinski definition) is 1. The second kappa shape index (κ2) is 7.85. The molecule has 0 saturated carbocycles. The van der Waals surface area contributed by atoms with E-state index in [1.54, 1.807) is 0 Å². The molecule has 0 amide bonds. The van der Waals surface area contributed by atoms with Gasteiger partial charge in [-0.15, -0.1) is 6.58 Å². The minimum Gasteiger partial charge on any atom is -0.374 e. The molecule has 0 atom stereocenters. The number of rotatable bonds is 7. The number of azo groups is 1. The first-order chi connectivity index (χ1) is 11.4. The molecule has 0 aliphatic heterocycles. The summed E-state index contributed by atoms with van der Waals surface area (Å²) in [7, 11) is -2.18. The summed E-state index contributed by atoms with van der Waals surface area (Å²) in [6.45, 7) is 4.60. The molecule has 0 aliphatic rings. The van der Waals surface area contributed by atoms with Crippen molar-refractivity contribution in [3.05, 3.63) is 61.2 Å². The molecule has 7 heteroatoms. The Hall–Kier alpha value is -2.51. The second-order valence-electron chi connectivity index (χ2n) is 5.18. The maximum Gasteiger partial charge on any atom is 0.294 e. The SMILES string of the molecule is C=CCCN(C)c1ccc(N=Nc2ccc(S(=O)(=O)O)cc2)cc1. The summed E-state index contributed by atoms with van der Waals surface area (Å²) >= 11 is 0. The monoisotopic (exact) mass is 345 g/mol. The Morgan fingerprint density at radius 2 is 1.54 bits per heavy atom. The quantitative estimate of drug-likeness (QED) is 0.459. The molecule has 6 nitrogen and oxygen atoms in total. The molecule has 0 heterocycles. The third kappa shape index (κ3) is 5.00. The zero-order valence-electron chi connectivity index (χ0n) is 13.3. The van der Waals surface area contributed by atoms with Crippen LogP contribution in [0.3, 0.4) is 0 Å². The predicted octanol–water partition coefficient (Wildman–Crippen LogP) is 4.36. The van der Waals surface area contributed by atoms with Crippen molar-refractivity contribution in [2.45, 2.75) is 11.3 Å². The molecule has 0 unspecified atom stereocenters. The maximum atomic E-state index is 11.0. The molecular weight excluding hydrogens is 326 g/mol. The van der Waals surface area contributed by atoms with E-state index >= 15 is 0 Å². The molecule has 24 heavy (non-hydrogen) atoms. The molecule has 0 spiro atoms. The van der Waals surface area contributed by atoms with Crippen LogP contribution < -0.4 is 4.90 Å². The van der Waals surface area contributed by atoms with Crippen molar-refractivity contribution in [2.24, 2.45) is 10.2 Å². The van der Waals surface area contributed by atoms with Crippen LogP contribution in [-0.4, -0.2) is 26.6 Å². The highest BCUT2D eigenvalue weighted by atomic mass is 32.2. The fraction of sp³-hybridized carbons (Fsp3) is 0.176. The van der Waals surface area contributed by atoms with E-state index in [1.165, 1.54) is 24.3 Å². The van der Waals surface area contributed by atoms with Crippen molar-refractivity contribution in [1.82, 2.24) is 0 Å². The Kier molecular flexibility index (Phi) is 5.83. The van der Waals surface area contributed by atoms with E-state index in [-0.39, 0.29) is 4.90 Å². The van der Waals surface area contributed by atoms with E-state index < -0.39 is 10.1 Å². The van der Waals surface area contributed by atoms with Crippen LogP contribution in [0.15, 0.2) is 76.3 Å². The van der Waals surface area contributed by atoms with Gasteiger partial charge in [-0.1, -0.05) is 6.08 Å². The molecule has 1 N–H and O–H groups in total. The lowest BCUT2D eigenvalue weighted by Crippen LogP contribution is -2.17. The first kappa shape index (κ1) is 17.8. The summed E-state index contributed by atoms with van der Waals surface area (Å²) in [5, 5.41) is 8.15. The van der Waals surface area contributed by atoms with Crippen LogP contribution in [0.2, 0.25) is 0 Å². The van der Waals surface area contributed by atoms with Crippen molar-refractivity contribution in [2.75, 3.05) is 18.5 Å². The summed E-state index contributed by atoms with van der Waals surface area (Å²) in [4.78, 5) is 1.95. The highest BCUT2D eigenvalue weighted by Crippen LogP contribution is 2.22. The van der Waals surface area contributed by atoms with Crippen molar-refractivity contribution >= 4 is 27.2 Å². The molecule has 0 bridgehead atoms. The standard InChI is InChI=1S/C17H19N3O3S/c1-3-4-13-20(2)16-9-5-14(6-10-16)18-19-15-7-11-17(12-8-15)24(21,22)23/h3,5-12H,1,4,13H2,2H3,(H,21,22,23). The van der Waals surface area contributed by atoms with Crippen molar-refractivity contribution in [1.29, 1.82) is 0 Å². The number of benzene rings is 2. The van der Waals surface area contributed by atoms with Crippen molar-refractivity contribution < 1.29 is 13.0 Å². The van der Waals surface area contributed by atoms with Crippen LogP contribution in [0.1, 0.15) is 6.42 Å². The first-order valence-corrected chi connectivity index (χ1v) is 8.75. The van der Waals surface area contributed by atoms with Gasteiger partial charge in [0, 0.05) is 19.3 Å². The van der Waals surface area contributed by atoms with E-state index in [1.807, 2.05) is 37.4 Å². The van der Waals surface area contributed by atoms with Gasteiger partial charge < -0.3 is 4.90 Å². The van der Waals surface area contributed by atoms with Crippen molar-refractivity contribution in [3.8, 4) is 0 Å². The van der Waals surface area contributed by atoms with Crippen molar-refractivity contribution in [3.63, 3.8) is 0 Å². The molecule has 0 aliphatic carbocycles. The van der Waals surface area contributed by atoms with Crippen LogP contribution in [0, 0.1) is 0 Å². The number of anilines is 1. The van der Waals surface area contributed by atoms with Gasteiger partial charge in [-0.2, -0.15) is 18.6 Å². The van der Waals surface area contributed by atoms with E-state index in [0.29, 0.717) is 11.4 Å². The lowest BCUT2D eigenvalue weighted by atomic mass is 10.2.